The minimum Gasteiger partial charge on any atom is -0.486 e. The van der Waals surface area contributed by atoms with Gasteiger partial charge in [-0.25, -0.2) is 0 Å². The lowest BCUT2D eigenvalue weighted by molar-refractivity contribution is -0.137. The molecule has 0 aliphatic carbocycles. The van der Waals surface area contributed by atoms with Crippen molar-refractivity contribution in [3.05, 3.63) is 34.3 Å². The van der Waals surface area contributed by atoms with Gasteiger partial charge in [0.05, 0.1) is 12.0 Å². The highest BCUT2D eigenvalue weighted by molar-refractivity contribution is 7.15. The van der Waals surface area contributed by atoms with Crippen LogP contribution in [0.3, 0.4) is 0 Å². The fourth-order valence-corrected chi connectivity index (χ4v) is 4.83. The number of Topliss-reactive ketones (excluding diaryl/α,β-unsaturated/α-hetero) is 1. The summed E-state index contributed by atoms with van der Waals surface area (Å²) in [6.45, 7) is 5.96. The summed E-state index contributed by atoms with van der Waals surface area (Å²) in [6.07, 6.45) is 2.16. The van der Waals surface area contributed by atoms with Crippen molar-refractivity contribution in [2.24, 2.45) is 0 Å². The number of amides is 2. The van der Waals surface area contributed by atoms with E-state index in [0.717, 1.165) is 17.0 Å². The molecule has 1 spiro atoms. The van der Waals surface area contributed by atoms with E-state index in [0.29, 0.717) is 35.8 Å². The van der Waals surface area contributed by atoms with Gasteiger partial charge in [0.2, 0.25) is 16.9 Å². The van der Waals surface area contributed by atoms with E-state index in [1.807, 2.05) is 32.0 Å². The number of benzene rings is 1. The van der Waals surface area contributed by atoms with Crippen molar-refractivity contribution in [3.63, 3.8) is 0 Å². The number of rotatable bonds is 4. The normalized spacial score (nSPS) is 22.0. The number of anilines is 1. The maximum atomic E-state index is 12.8. The summed E-state index contributed by atoms with van der Waals surface area (Å²) in [5, 5.41) is 12.0. The summed E-state index contributed by atoms with van der Waals surface area (Å²) in [5.74, 6) is 0.206. The Hall–Kier alpha value is -2.81. The van der Waals surface area contributed by atoms with E-state index in [4.69, 9.17) is 4.74 Å². The summed E-state index contributed by atoms with van der Waals surface area (Å²) in [6, 6.07) is 4.94. The molecule has 4 rings (SSSR count). The molecule has 1 fully saturated rings. The molecule has 9 heteroatoms. The number of fused-ring (bicyclic) bond motifs is 1. The smallest absolute Gasteiger partial charge is 0.248 e. The van der Waals surface area contributed by atoms with Crippen molar-refractivity contribution >= 4 is 34.1 Å². The molecule has 3 heterocycles. The van der Waals surface area contributed by atoms with Crippen molar-refractivity contribution < 1.29 is 19.1 Å². The number of nitrogens with zero attached hydrogens (tertiary/aromatic N) is 3. The Kier molecular flexibility index (Phi) is 5.79. The lowest BCUT2D eigenvalue weighted by Gasteiger charge is -2.37. The van der Waals surface area contributed by atoms with E-state index in [1.54, 1.807) is 11.8 Å². The molecular weight excluding hydrogens is 416 g/mol. The number of nitrogens with one attached hydrogen (secondary N) is 1. The standard InChI is InChI=1S/C22H26N4O4S/c1-4-18-24-25-21(31-18)23-20(29)14(3)26-10-9-22(8-7-19(26)28)12-16(27)15-11-13(2)5-6-17(15)30-22/h5-6,11,14H,4,7-10,12H2,1-3H3,(H,23,25,29)/t14-,22-/m0/s1. The van der Waals surface area contributed by atoms with Gasteiger partial charge in [-0.05, 0) is 38.8 Å². The average Bonchev–Trinajstić information content (AvgIpc) is 3.14. The van der Waals surface area contributed by atoms with Gasteiger partial charge in [-0.15, -0.1) is 10.2 Å². The van der Waals surface area contributed by atoms with Gasteiger partial charge in [0.25, 0.3) is 0 Å². The molecule has 0 radical (unpaired) electrons. The zero-order chi connectivity index (χ0) is 22.2. The van der Waals surface area contributed by atoms with Gasteiger partial charge in [-0.2, -0.15) is 0 Å². The highest BCUT2D eigenvalue weighted by Crippen LogP contribution is 2.40. The third kappa shape index (κ3) is 4.32. The molecule has 2 amide bonds. The quantitative estimate of drug-likeness (QED) is 0.781. The maximum Gasteiger partial charge on any atom is 0.248 e. The van der Waals surface area contributed by atoms with Gasteiger partial charge in [0, 0.05) is 19.4 Å². The second-order valence-electron chi connectivity index (χ2n) is 8.24. The van der Waals surface area contributed by atoms with Crippen LogP contribution < -0.4 is 10.1 Å². The average molecular weight is 443 g/mol. The zero-order valence-corrected chi connectivity index (χ0v) is 18.8. The number of hydrogen-bond donors (Lipinski definition) is 1. The molecule has 1 aromatic carbocycles. The molecule has 1 N–H and O–H groups in total. The van der Waals surface area contributed by atoms with Crippen LogP contribution in [0, 0.1) is 6.92 Å². The molecule has 1 saturated heterocycles. The van der Waals surface area contributed by atoms with E-state index in [2.05, 4.69) is 15.5 Å². The van der Waals surface area contributed by atoms with Crippen LogP contribution in [0.4, 0.5) is 5.13 Å². The highest BCUT2D eigenvalue weighted by Gasteiger charge is 2.44. The fraction of sp³-hybridized carbons (Fsp3) is 0.500. The number of ketones is 1. The lowest BCUT2D eigenvalue weighted by atomic mass is 9.84. The monoisotopic (exact) mass is 442 g/mol. The first-order valence-corrected chi connectivity index (χ1v) is 11.4. The Bertz CT molecular complexity index is 1040. The second-order valence-corrected chi connectivity index (χ2v) is 9.30. The molecule has 0 unspecified atom stereocenters. The van der Waals surface area contributed by atoms with Crippen molar-refractivity contribution in [3.8, 4) is 5.75 Å². The zero-order valence-electron chi connectivity index (χ0n) is 17.9. The second kappa shape index (κ2) is 8.37. The summed E-state index contributed by atoms with van der Waals surface area (Å²) in [5.41, 5.74) is 0.902. The summed E-state index contributed by atoms with van der Waals surface area (Å²) in [4.78, 5) is 39.9. The lowest BCUT2D eigenvalue weighted by Crippen LogP contribution is -2.46. The topological polar surface area (TPSA) is 101 Å². The van der Waals surface area contributed by atoms with Gasteiger partial charge in [0.1, 0.15) is 22.4 Å². The number of aromatic nitrogens is 2. The van der Waals surface area contributed by atoms with Crippen molar-refractivity contribution in [2.75, 3.05) is 11.9 Å². The number of carbonyl (C=O) groups excluding carboxylic acids is 3. The fourth-order valence-electron chi connectivity index (χ4n) is 4.15. The summed E-state index contributed by atoms with van der Waals surface area (Å²) >= 11 is 1.33. The van der Waals surface area contributed by atoms with E-state index >= 15 is 0 Å². The van der Waals surface area contributed by atoms with Gasteiger partial charge < -0.3 is 9.64 Å². The van der Waals surface area contributed by atoms with Crippen LogP contribution in [0.25, 0.3) is 0 Å². The molecule has 2 aromatic rings. The van der Waals surface area contributed by atoms with Gasteiger partial charge in [0.15, 0.2) is 5.78 Å². The molecule has 2 aliphatic rings. The van der Waals surface area contributed by atoms with E-state index in [1.165, 1.54) is 11.3 Å². The van der Waals surface area contributed by atoms with E-state index in [-0.39, 0.29) is 30.4 Å². The Morgan fingerprint density at radius 1 is 1.32 bits per heavy atom. The third-order valence-electron chi connectivity index (χ3n) is 6.01. The number of carbonyl (C=O) groups is 3. The van der Waals surface area contributed by atoms with Gasteiger partial charge in [-0.3, -0.25) is 19.7 Å². The molecule has 2 aliphatic heterocycles. The predicted molar refractivity (Wildman–Crippen MR) is 116 cm³/mol. The molecule has 0 bridgehead atoms. The highest BCUT2D eigenvalue weighted by atomic mass is 32.1. The Labute approximate surface area is 185 Å². The number of ether oxygens (including phenoxy) is 1. The first kappa shape index (κ1) is 21.4. The molecular formula is C22H26N4O4S. The van der Waals surface area contributed by atoms with Crippen LogP contribution in [-0.2, 0) is 16.0 Å². The minimum atomic E-state index is -0.713. The maximum absolute atomic E-state index is 12.8. The van der Waals surface area contributed by atoms with Crippen LogP contribution in [0.2, 0.25) is 0 Å². The van der Waals surface area contributed by atoms with Crippen molar-refractivity contribution in [2.45, 2.75) is 64.5 Å². The molecule has 164 valence electrons. The van der Waals surface area contributed by atoms with E-state index in [9.17, 15) is 14.4 Å². The van der Waals surface area contributed by atoms with Crippen LogP contribution in [0.1, 0.15) is 60.5 Å². The number of likely N-dealkylation sites (tertiary alicyclic amines) is 1. The molecule has 1 aromatic heterocycles. The van der Waals surface area contributed by atoms with Crippen LogP contribution in [0.5, 0.6) is 5.75 Å². The Morgan fingerprint density at radius 2 is 2.13 bits per heavy atom. The Morgan fingerprint density at radius 3 is 2.87 bits per heavy atom. The van der Waals surface area contributed by atoms with E-state index < -0.39 is 11.6 Å². The third-order valence-corrected chi connectivity index (χ3v) is 7.00. The summed E-state index contributed by atoms with van der Waals surface area (Å²) < 4.78 is 6.30. The van der Waals surface area contributed by atoms with Gasteiger partial charge in [-0.1, -0.05) is 29.9 Å². The molecule has 31 heavy (non-hydrogen) atoms. The van der Waals surface area contributed by atoms with Crippen LogP contribution in [-0.4, -0.2) is 50.9 Å². The Balaban J connectivity index is 1.46. The van der Waals surface area contributed by atoms with Crippen molar-refractivity contribution in [1.29, 1.82) is 0 Å². The molecule has 8 nitrogen and oxygen atoms in total. The van der Waals surface area contributed by atoms with Gasteiger partial charge >= 0.3 is 0 Å². The van der Waals surface area contributed by atoms with Crippen LogP contribution >= 0.6 is 11.3 Å². The molecule has 0 saturated carbocycles. The summed E-state index contributed by atoms with van der Waals surface area (Å²) in [7, 11) is 0. The first-order chi connectivity index (χ1) is 14.8. The molecule has 2 atom stereocenters. The first-order valence-electron chi connectivity index (χ1n) is 10.6. The minimum absolute atomic E-state index is 0.0413. The number of hydrogen-bond acceptors (Lipinski definition) is 7. The van der Waals surface area contributed by atoms with Crippen LogP contribution in [0.15, 0.2) is 18.2 Å². The number of aryl methyl sites for hydroxylation is 2. The van der Waals surface area contributed by atoms with Crippen molar-refractivity contribution in [1.82, 2.24) is 15.1 Å². The predicted octanol–water partition coefficient (Wildman–Crippen LogP) is 3.15. The SMILES string of the molecule is CCc1nnc(NC(=O)[C@H](C)N2CC[C@@]3(CCC2=O)CC(=O)c2cc(C)ccc2O3)s1. The largest absolute Gasteiger partial charge is 0.486 e.